The molecule has 2 aromatic rings. The number of nitrogens with zero attached hydrogens (tertiary/aromatic N) is 5. The van der Waals surface area contributed by atoms with Crippen molar-refractivity contribution in [1.82, 2.24) is 24.5 Å². The average Bonchev–Trinajstić information content (AvgIpc) is 3.01. The Labute approximate surface area is 129 Å². The molecule has 0 aliphatic heterocycles. The van der Waals surface area contributed by atoms with Gasteiger partial charge in [0.2, 0.25) is 0 Å². The minimum absolute atomic E-state index is 0.0629. The van der Waals surface area contributed by atoms with Crippen molar-refractivity contribution < 1.29 is 4.79 Å². The number of hydrogen-bond donors (Lipinski definition) is 0. The van der Waals surface area contributed by atoms with Crippen LogP contribution >= 0.6 is 11.6 Å². The van der Waals surface area contributed by atoms with Crippen molar-refractivity contribution in [1.29, 1.82) is 0 Å². The zero-order valence-electron chi connectivity index (χ0n) is 12.8. The summed E-state index contributed by atoms with van der Waals surface area (Å²) in [5, 5.41) is 9.07. The number of carbonyl (C=O) groups excluding carboxylic acids is 1. The number of aryl methyl sites for hydroxylation is 3. The van der Waals surface area contributed by atoms with Crippen LogP contribution in [-0.2, 0) is 19.6 Å². The Morgan fingerprint density at radius 2 is 2.10 bits per heavy atom. The zero-order chi connectivity index (χ0) is 15.6. The lowest BCUT2D eigenvalue weighted by molar-refractivity contribution is 0.0781. The maximum atomic E-state index is 12.5. The van der Waals surface area contributed by atoms with E-state index in [1.165, 1.54) is 0 Å². The SMILES string of the molecule is CCn1cc(C(=O)N(C)Cc2c(Cl)cnn2CC)c(C)n1. The van der Waals surface area contributed by atoms with Gasteiger partial charge < -0.3 is 4.90 Å². The second kappa shape index (κ2) is 6.30. The monoisotopic (exact) mass is 309 g/mol. The summed E-state index contributed by atoms with van der Waals surface area (Å²) in [4.78, 5) is 14.2. The molecule has 21 heavy (non-hydrogen) atoms. The molecule has 0 bridgehead atoms. The first-order valence-electron chi connectivity index (χ1n) is 6.97. The summed E-state index contributed by atoms with van der Waals surface area (Å²) >= 11 is 6.14. The predicted molar refractivity (Wildman–Crippen MR) is 81.3 cm³/mol. The van der Waals surface area contributed by atoms with Gasteiger partial charge in [-0.05, 0) is 20.8 Å². The smallest absolute Gasteiger partial charge is 0.257 e. The van der Waals surface area contributed by atoms with E-state index >= 15 is 0 Å². The summed E-state index contributed by atoms with van der Waals surface area (Å²) in [6.45, 7) is 7.70. The number of carbonyl (C=O) groups is 1. The Hall–Kier alpha value is -1.82. The van der Waals surface area contributed by atoms with E-state index in [-0.39, 0.29) is 5.91 Å². The molecule has 0 unspecified atom stereocenters. The van der Waals surface area contributed by atoms with E-state index in [0.29, 0.717) is 17.1 Å². The molecule has 7 heteroatoms. The fourth-order valence-corrected chi connectivity index (χ4v) is 2.41. The summed E-state index contributed by atoms with van der Waals surface area (Å²) in [5.41, 5.74) is 2.21. The van der Waals surface area contributed by atoms with Crippen LogP contribution in [0.25, 0.3) is 0 Å². The molecule has 0 saturated heterocycles. The van der Waals surface area contributed by atoms with Gasteiger partial charge in [0.05, 0.1) is 34.7 Å². The first-order valence-corrected chi connectivity index (χ1v) is 7.35. The van der Waals surface area contributed by atoms with Gasteiger partial charge in [0.1, 0.15) is 0 Å². The van der Waals surface area contributed by atoms with Gasteiger partial charge in [-0.3, -0.25) is 14.2 Å². The first kappa shape index (κ1) is 15.6. The third-order valence-corrected chi connectivity index (χ3v) is 3.75. The number of rotatable bonds is 5. The Balaban J connectivity index is 2.19. The van der Waals surface area contributed by atoms with Crippen LogP contribution in [0.2, 0.25) is 5.02 Å². The summed E-state index contributed by atoms with van der Waals surface area (Å²) in [7, 11) is 1.76. The molecule has 0 fully saturated rings. The van der Waals surface area contributed by atoms with Crippen LogP contribution in [0.15, 0.2) is 12.4 Å². The predicted octanol–water partition coefficient (Wildman–Crippen LogP) is 2.35. The molecule has 6 nitrogen and oxygen atoms in total. The lowest BCUT2D eigenvalue weighted by Crippen LogP contribution is -2.28. The molecule has 1 amide bonds. The van der Waals surface area contributed by atoms with Crippen LogP contribution in [-0.4, -0.2) is 37.4 Å². The molecule has 0 aliphatic rings. The fraction of sp³-hybridized carbons (Fsp3) is 0.500. The van der Waals surface area contributed by atoms with Crippen molar-refractivity contribution in [2.75, 3.05) is 7.05 Å². The van der Waals surface area contributed by atoms with E-state index < -0.39 is 0 Å². The highest BCUT2D eigenvalue weighted by Gasteiger charge is 2.19. The lowest BCUT2D eigenvalue weighted by atomic mass is 10.2. The van der Waals surface area contributed by atoms with Crippen molar-refractivity contribution in [2.24, 2.45) is 0 Å². The third kappa shape index (κ3) is 3.10. The van der Waals surface area contributed by atoms with Crippen molar-refractivity contribution in [3.8, 4) is 0 Å². The van der Waals surface area contributed by atoms with E-state index in [0.717, 1.165) is 24.5 Å². The number of hydrogen-bond acceptors (Lipinski definition) is 3. The lowest BCUT2D eigenvalue weighted by Gasteiger charge is -2.17. The second-order valence-corrected chi connectivity index (χ2v) is 5.31. The fourth-order valence-electron chi connectivity index (χ4n) is 2.21. The molecule has 0 aromatic carbocycles. The molecule has 0 saturated carbocycles. The quantitative estimate of drug-likeness (QED) is 0.852. The van der Waals surface area contributed by atoms with Crippen molar-refractivity contribution in [3.05, 3.63) is 34.4 Å². The molecule has 0 aliphatic carbocycles. The van der Waals surface area contributed by atoms with Crippen molar-refractivity contribution >= 4 is 17.5 Å². The molecule has 0 spiro atoms. The molecule has 0 N–H and O–H groups in total. The summed E-state index contributed by atoms with van der Waals surface area (Å²) in [6, 6.07) is 0. The van der Waals surface area contributed by atoms with Crippen LogP contribution in [0.3, 0.4) is 0 Å². The van der Waals surface area contributed by atoms with Crippen LogP contribution in [0.1, 0.15) is 35.6 Å². The molecule has 2 aromatic heterocycles. The summed E-state index contributed by atoms with van der Waals surface area (Å²) in [6.07, 6.45) is 3.39. The van der Waals surface area contributed by atoms with Crippen molar-refractivity contribution in [3.63, 3.8) is 0 Å². The van der Waals surface area contributed by atoms with Gasteiger partial charge in [-0.1, -0.05) is 11.6 Å². The Morgan fingerprint density at radius 3 is 2.67 bits per heavy atom. The molecular weight excluding hydrogens is 290 g/mol. The van der Waals surface area contributed by atoms with E-state index in [4.69, 9.17) is 11.6 Å². The number of amides is 1. The highest BCUT2D eigenvalue weighted by Crippen LogP contribution is 2.18. The maximum Gasteiger partial charge on any atom is 0.257 e. The normalized spacial score (nSPS) is 10.9. The highest BCUT2D eigenvalue weighted by atomic mass is 35.5. The van der Waals surface area contributed by atoms with E-state index in [1.807, 2.05) is 20.8 Å². The van der Waals surface area contributed by atoms with Crippen molar-refractivity contribution in [2.45, 2.75) is 40.4 Å². The maximum absolute atomic E-state index is 12.5. The van der Waals surface area contributed by atoms with Gasteiger partial charge in [-0.25, -0.2) is 0 Å². The number of halogens is 1. The molecule has 114 valence electrons. The molecule has 2 heterocycles. The van der Waals surface area contributed by atoms with Gasteiger partial charge in [-0.2, -0.15) is 10.2 Å². The first-order chi connectivity index (χ1) is 9.97. The van der Waals surface area contributed by atoms with Crippen LogP contribution in [0, 0.1) is 6.92 Å². The minimum atomic E-state index is -0.0629. The average molecular weight is 310 g/mol. The topological polar surface area (TPSA) is 56.0 Å². The highest BCUT2D eigenvalue weighted by molar-refractivity contribution is 6.31. The second-order valence-electron chi connectivity index (χ2n) is 4.90. The van der Waals surface area contributed by atoms with Crippen LogP contribution in [0.5, 0.6) is 0 Å². The van der Waals surface area contributed by atoms with Gasteiger partial charge in [-0.15, -0.1) is 0 Å². The molecule has 2 rings (SSSR count). The van der Waals surface area contributed by atoms with Gasteiger partial charge in [0, 0.05) is 26.3 Å². The summed E-state index contributed by atoms with van der Waals surface area (Å²) in [5.74, 6) is -0.0629. The van der Waals surface area contributed by atoms with Gasteiger partial charge in [0.15, 0.2) is 0 Å². The van der Waals surface area contributed by atoms with Gasteiger partial charge in [0.25, 0.3) is 5.91 Å². The Kier molecular flexibility index (Phi) is 4.67. The van der Waals surface area contributed by atoms with E-state index in [9.17, 15) is 4.79 Å². The minimum Gasteiger partial charge on any atom is -0.336 e. The van der Waals surface area contributed by atoms with Gasteiger partial charge >= 0.3 is 0 Å². The summed E-state index contributed by atoms with van der Waals surface area (Å²) < 4.78 is 3.56. The molecule has 0 atom stereocenters. The third-order valence-electron chi connectivity index (χ3n) is 3.43. The van der Waals surface area contributed by atoms with E-state index in [1.54, 1.807) is 33.7 Å². The molecule has 0 radical (unpaired) electrons. The standard InChI is InChI=1S/C14H20ClN5O/c1-5-19-8-11(10(3)17-19)14(21)18(4)9-13-12(15)7-16-20(13)6-2/h7-8H,5-6,9H2,1-4H3. The van der Waals surface area contributed by atoms with Crippen LogP contribution in [0.4, 0.5) is 0 Å². The number of aromatic nitrogens is 4. The van der Waals surface area contributed by atoms with E-state index in [2.05, 4.69) is 10.2 Å². The Bertz CT molecular complexity index is 646. The largest absolute Gasteiger partial charge is 0.336 e. The Morgan fingerprint density at radius 1 is 1.38 bits per heavy atom. The zero-order valence-corrected chi connectivity index (χ0v) is 13.6. The van der Waals surface area contributed by atoms with Crippen LogP contribution < -0.4 is 0 Å². The molecular formula is C14H20ClN5O.